The summed E-state index contributed by atoms with van der Waals surface area (Å²) in [6.45, 7) is 12.9. The molecule has 0 N–H and O–H groups in total. The normalized spacial score (nSPS) is 30.5. The summed E-state index contributed by atoms with van der Waals surface area (Å²) in [5.74, 6) is 1.85. The maximum atomic E-state index is 2.33. The molecule has 0 heteroatoms. The number of allylic oxidation sites excluding steroid dienone is 12. The fraction of sp³-hybridized carbons (Fsp3) is 0.600. The first kappa shape index (κ1) is 24.7. The van der Waals surface area contributed by atoms with Crippen LogP contribution in [-0.2, 0) is 0 Å². The van der Waals surface area contributed by atoms with Crippen molar-refractivity contribution in [3.8, 4) is 0 Å². The number of hydrogen-bond acceptors (Lipinski definition) is 0. The Labute approximate surface area is 187 Å². The van der Waals surface area contributed by atoms with Gasteiger partial charge in [-0.1, -0.05) is 69.9 Å². The summed E-state index contributed by atoms with van der Waals surface area (Å²) in [5, 5.41) is 0. The van der Waals surface area contributed by atoms with Crippen LogP contribution < -0.4 is 0 Å². The van der Waals surface area contributed by atoms with E-state index in [1.165, 1.54) is 64.2 Å². The van der Waals surface area contributed by atoms with E-state index in [9.17, 15) is 0 Å². The van der Waals surface area contributed by atoms with E-state index in [4.69, 9.17) is 0 Å². The average Bonchev–Trinajstić information content (AvgIpc) is 3.55. The first-order valence-electron chi connectivity index (χ1n) is 12.4. The van der Waals surface area contributed by atoms with Gasteiger partial charge in [-0.25, -0.2) is 0 Å². The first-order chi connectivity index (χ1) is 14.6. The van der Waals surface area contributed by atoms with Crippen molar-refractivity contribution in [2.75, 3.05) is 0 Å². The van der Waals surface area contributed by atoms with Gasteiger partial charge in [0, 0.05) is 5.92 Å². The molecule has 4 aliphatic carbocycles. The first-order valence-corrected chi connectivity index (χ1v) is 12.4. The Balaban J connectivity index is 0.000000161. The Hall–Kier alpha value is -1.56. The van der Waals surface area contributed by atoms with E-state index in [1.54, 1.807) is 33.4 Å². The van der Waals surface area contributed by atoms with E-state index < -0.39 is 0 Å². The van der Waals surface area contributed by atoms with Crippen LogP contribution in [0.3, 0.4) is 0 Å². The van der Waals surface area contributed by atoms with E-state index >= 15 is 0 Å². The zero-order chi connectivity index (χ0) is 21.9. The molecule has 0 aliphatic heterocycles. The van der Waals surface area contributed by atoms with E-state index in [1.807, 2.05) is 0 Å². The lowest BCUT2D eigenvalue weighted by Crippen LogP contribution is -2.01. The highest BCUT2D eigenvalue weighted by Gasteiger charge is 2.37. The largest absolute Gasteiger partial charge is 0.0884 e. The molecule has 30 heavy (non-hydrogen) atoms. The second-order valence-corrected chi connectivity index (χ2v) is 9.25. The molecule has 4 saturated carbocycles. The predicted molar refractivity (Wildman–Crippen MR) is 136 cm³/mol. The smallest absolute Gasteiger partial charge is 0.000976 e. The third-order valence-electron chi connectivity index (χ3n) is 7.64. The minimum atomic E-state index is 0.856. The highest BCUT2D eigenvalue weighted by atomic mass is 14.4. The van der Waals surface area contributed by atoms with E-state index in [0.29, 0.717) is 0 Å². The van der Waals surface area contributed by atoms with Crippen molar-refractivity contribution in [3.63, 3.8) is 0 Å². The second-order valence-electron chi connectivity index (χ2n) is 9.25. The lowest BCUT2D eigenvalue weighted by Gasteiger charge is -2.16. The predicted octanol–water partition coefficient (Wildman–Crippen LogP) is 9.82. The molecule has 4 rings (SSSR count). The maximum absolute atomic E-state index is 2.33. The molecule has 0 aromatic carbocycles. The summed E-state index contributed by atoms with van der Waals surface area (Å²) in [6.07, 6.45) is 27.0. The van der Waals surface area contributed by atoms with E-state index in [2.05, 4.69) is 78.0 Å². The highest BCUT2D eigenvalue weighted by Crippen LogP contribution is 2.51. The Bertz CT molecular complexity index is 660. The molecule has 4 fully saturated rings. The molecule has 166 valence electrons. The van der Waals surface area contributed by atoms with Crippen molar-refractivity contribution in [1.29, 1.82) is 0 Å². The van der Waals surface area contributed by atoms with Crippen LogP contribution in [0.15, 0.2) is 69.9 Å². The third-order valence-corrected chi connectivity index (χ3v) is 7.64. The molecule has 0 saturated heterocycles. The van der Waals surface area contributed by atoms with Crippen LogP contribution in [0.5, 0.6) is 0 Å². The Morgan fingerprint density at radius 2 is 0.867 bits per heavy atom. The third kappa shape index (κ3) is 7.00. The average molecular weight is 407 g/mol. The second kappa shape index (κ2) is 13.0. The fourth-order valence-corrected chi connectivity index (χ4v) is 5.45. The van der Waals surface area contributed by atoms with Crippen LogP contribution >= 0.6 is 0 Å². The molecule has 2 atom stereocenters. The highest BCUT2D eigenvalue weighted by molar-refractivity contribution is 5.31. The van der Waals surface area contributed by atoms with E-state index in [-0.39, 0.29) is 0 Å². The molecule has 2 unspecified atom stereocenters. The fourth-order valence-electron chi connectivity index (χ4n) is 5.45. The van der Waals surface area contributed by atoms with Gasteiger partial charge in [0.1, 0.15) is 0 Å². The Kier molecular flexibility index (Phi) is 10.7. The summed E-state index contributed by atoms with van der Waals surface area (Å²) >= 11 is 0. The minimum Gasteiger partial charge on any atom is -0.0884 e. The molecule has 0 heterocycles. The van der Waals surface area contributed by atoms with Gasteiger partial charge in [0.05, 0.1) is 0 Å². The summed E-state index contributed by atoms with van der Waals surface area (Å²) in [6, 6.07) is 0. The van der Waals surface area contributed by atoms with Crippen molar-refractivity contribution in [1.82, 2.24) is 0 Å². The van der Waals surface area contributed by atoms with Crippen molar-refractivity contribution >= 4 is 0 Å². The van der Waals surface area contributed by atoms with Gasteiger partial charge >= 0.3 is 0 Å². The molecule has 4 aliphatic rings. The summed E-state index contributed by atoms with van der Waals surface area (Å²) in [5.41, 5.74) is 9.92. The van der Waals surface area contributed by atoms with E-state index in [0.717, 1.165) is 11.8 Å². The molecule has 0 spiro atoms. The van der Waals surface area contributed by atoms with Gasteiger partial charge < -0.3 is 0 Å². The lowest BCUT2D eigenvalue weighted by atomic mass is 9.90. The number of fused-ring (bicyclic) bond motifs is 2. The number of rotatable bonds is 0. The van der Waals surface area contributed by atoms with Crippen molar-refractivity contribution in [2.24, 2.45) is 11.8 Å². The van der Waals surface area contributed by atoms with Gasteiger partial charge in [-0.15, -0.1) is 0 Å². The zero-order valence-electron chi connectivity index (χ0n) is 20.7. The number of hydrogen-bond donors (Lipinski definition) is 0. The van der Waals surface area contributed by atoms with Crippen LogP contribution in [0, 0.1) is 11.8 Å². The van der Waals surface area contributed by atoms with Crippen LogP contribution in [0.25, 0.3) is 0 Å². The van der Waals surface area contributed by atoms with Gasteiger partial charge in [0.25, 0.3) is 0 Å². The van der Waals surface area contributed by atoms with Crippen molar-refractivity contribution < 1.29 is 0 Å². The minimum absolute atomic E-state index is 0.856. The Morgan fingerprint density at radius 3 is 1.13 bits per heavy atom. The van der Waals surface area contributed by atoms with Gasteiger partial charge in [-0.3, -0.25) is 0 Å². The van der Waals surface area contributed by atoms with Crippen LogP contribution in [-0.4, -0.2) is 0 Å². The van der Waals surface area contributed by atoms with Gasteiger partial charge in [-0.2, -0.15) is 0 Å². The molecule has 2 bridgehead atoms. The van der Waals surface area contributed by atoms with Gasteiger partial charge in [0.2, 0.25) is 0 Å². The molecule has 0 nitrogen and oxygen atoms in total. The molecule has 0 radical (unpaired) electrons. The monoisotopic (exact) mass is 406 g/mol. The summed E-state index contributed by atoms with van der Waals surface area (Å²) < 4.78 is 0. The standard InChI is InChI=1S/C11H16.C10H16.C9H14/c1-3-9-5-8-6-10(4-2)11(9)7-8;1-3-9-5-7-10(4-2)8-6-9;1-3-8-5-6-9(4-2)7-8/h3-4,8,11H,5-7H2,1-2H3;3-4H,5-8H2,1-2H3;3-4H,5-7H2,1-2H3/b9-3-,10-4+;;8-3-,9-4-. The lowest BCUT2D eigenvalue weighted by molar-refractivity contribution is 0.600. The van der Waals surface area contributed by atoms with Crippen LogP contribution in [0.1, 0.15) is 106 Å². The zero-order valence-corrected chi connectivity index (χ0v) is 20.7. The SMILES string of the molecule is C/C=C1/CC/C(=C/C)C1.C/C=C1/CC2C/C(=C\C)C1C2.CC=C1CCC(=CC)CC1. The quantitative estimate of drug-likeness (QED) is 0.351. The maximum Gasteiger partial charge on any atom is 0.000976 e. The molecule has 0 amide bonds. The molecular weight excluding hydrogens is 360 g/mol. The van der Waals surface area contributed by atoms with Gasteiger partial charge in [-0.05, 0) is 112 Å². The summed E-state index contributed by atoms with van der Waals surface area (Å²) in [7, 11) is 0. The van der Waals surface area contributed by atoms with Crippen LogP contribution in [0.4, 0.5) is 0 Å². The van der Waals surface area contributed by atoms with Crippen molar-refractivity contribution in [3.05, 3.63) is 69.9 Å². The van der Waals surface area contributed by atoms with Crippen molar-refractivity contribution in [2.45, 2.75) is 106 Å². The van der Waals surface area contributed by atoms with Gasteiger partial charge in [0.15, 0.2) is 0 Å². The van der Waals surface area contributed by atoms with Crippen LogP contribution in [0.2, 0.25) is 0 Å². The Morgan fingerprint density at radius 1 is 0.500 bits per heavy atom. The molecule has 0 aromatic heterocycles. The molecular formula is C30H46. The summed E-state index contributed by atoms with van der Waals surface area (Å²) in [4.78, 5) is 0. The topological polar surface area (TPSA) is 0 Å². The molecule has 0 aromatic rings.